The van der Waals surface area contributed by atoms with E-state index in [4.69, 9.17) is 0 Å². The summed E-state index contributed by atoms with van der Waals surface area (Å²) < 4.78 is 4.89. The van der Waals surface area contributed by atoms with Crippen LogP contribution in [0.2, 0.25) is 0 Å². The van der Waals surface area contributed by atoms with Gasteiger partial charge in [-0.15, -0.1) is 0 Å². The molecule has 0 unspecified atom stereocenters. The molecule has 0 saturated carbocycles. The van der Waals surface area contributed by atoms with E-state index < -0.39 is 0 Å². The van der Waals surface area contributed by atoms with Crippen molar-refractivity contribution < 1.29 is 4.79 Å². The Kier molecular flexibility index (Phi) is 6.28. The highest BCUT2D eigenvalue weighted by atomic mass is 79.9. The first-order chi connectivity index (χ1) is 15.3. The minimum Gasteiger partial charge on any atom is -0.348 e. The van der Waals surface area contributed by atoms with E-state index >= 15 is 0 Å². The zero-order valence-electron chi connectivity index (χ0n) is 18.7. The van der Waals surface area contributed by atoms with Crippen LogP contribution in [-0.4, -0.2) is 25.5 Å². The van der Waals surface area contributed by atoms with Gasteiger partial charge >= 0.3 is 0 Å². The highest BCUT2D eigenvalue weighted by Crippen LogP contribution is 2.21. The summed E-state index contributed by atoms with van der Waals surface area (Å²) in [5.41, 5.74) is 7.67. The molecule has 0 fully saturated rings. The van der Waals surface area contributed by atoms with Crippen molar-refractivity contribution in [3.63, 3.8) is 0 Å². The Hall–Kier alpha value is -3.19. The van der Waals surface area contributed by atoms with Crippen molar-refractivity contribution >= 4 is 21.8 Å². The Balaban J connectivity index is 1.48. The van der Waals surface area contributed by atoms with E-state index in [2.05, 4.69) is 31.4 Å². The highest BCUT2D eigenvalue weighted by Gasteiger charge is 2.15. The molecule has 32 heavy (non-hydrogen) atoms. The predicted octanol–water partition coefficient (Wildman–Crippen LogP) is 5.04. The van der Waals surface area contributed by atoms with Gasteiger partial charge in [0.1, 0.15) is 0 Å². The normalized spacial score (nSPS) is 11.0. The number of aromatic nitrogens is 4. The van der Waals surface area contributed by atoms with Crippen molar-refractivity contribution in [2.24, 2.45) is 0 Å². The monoisotopic (exact) mass is 491 g/mol. The second-order valence-corrected chi connectivity index (χ2v) is 8.72. The van der Waals surface area contributed by atoms with Gasteiger partial charge in [0.15, 0.2) is 0 Å². The van der Waals surface area contributed by atoms with Gasteiger partial charge in [-0.1, -0.05) is 30.3 Å². The number of carbonyl (C=O) groups is 1. The van der Waals surface area contributed by atoms with Crippen molar-refractivity contribution in [1.29, 1.82) is 0 Å². The topological polar surface area (TPSA) is 64.7 Å². The Bertz CT molecular complexity index is 1270. The van der Waals surface area contributed by atoms with Gasteiger partial charge in [0.2, 0.25) is 0 Å². The van der Waals surface area contributed by atoms with E-state index in [1.807, 2.05) is 91.7 Å². The van der Waals surface area contributed by atoms with Gasteiger partial charge in [-0.25, -0.2) is 4.68 Å². The summed E-state index contributed by atoms with van der Waals surface area (Å²) in [6.45, 7) is 9.05. The van der Waals surface area contributed by atoms with Crippen LogP contribution in [0.5, 0.6) is 0 Å². The summed E-state index contributed by atoms with van der Waals surface area (Å²) in [6.07, 6.45) is 0. The van der Waals surface area contributed by atoms with Crippen LogP contribution in [0.3, 0.4) is 0 Å². The number of hydrogen-bond acceptors (Lipinski definition) is 3. The lowest BCUT2D eigenvalue weighted by atomic mass is 10.1. The first-order valence-corrected chi connectivity index (χ1v) is 11.3. The maximum absolute atomic E-state index is 12.9. The molecular weight excluding hydrogens is 466 g/mol. The Labute approximate surface area is 196 Å². The predicted molar refractivity (Wildman–Crippen MR) is 129 cm³/mol. The van der Waals surface area contributed by atoms with E-state index in [1.54, 1.807) is 0 Å². The molecule has 0 spiro atoms. The first kappa shape index (κ1) is 22.0. The van der Waals surface area contributed by atoms with Gasteiger partial charge in [-0.3, -0.25) is 9.48 Å². The van der Waals surface area contributed by atoms with Gasteiger partial charge in [0.25, 0.3) is 5.91 Å². The molecule has 0 radical (unpaired) electrons. The van der Waals surface area contributed by atoms with Crippen LogP contribution < -0.4 is 5.32 Å². The Morgan fingerprint density at radius 2 is 1.69 bits per heavy atom. The molecular formula is C25H26BrN5O. The molecule has 2 aromatic heterocycles. The first-order valence-electron chi connectivity index (χ1n) is 10.5. The van der Waals surface area contributed by atoms with Gasteiger partial charge < -0.3 is 5.32 Å². The standard InChI is InChI=1S/C25H26BrN5O/c1-16-23(18(3)31(29-16)22-11-6-5-7-12-22)14-27-25(32)21-10-8-9-20(13-21)15-30-19(4)24(26)17(2)28-30/h5-13H,14-15H2,1-4H3,(H,27,32). The largest absolute Gasteiger partial charge is 0.348 e. The zero-order valence-corrected chi connectivity index (χ0v) is 20.3. The molecule has 0 aliphatic rings. The quantitative estimate of drug-likeness (QED) is 0.410. The molecule has 6 nitrogen and oxygen atoms in total. The highest BCUT2D eigenvalue weighted by molar-refractivity contribution is 9.10. The van der Waals surface area contributed by atoms with E-state index in [0.29, 0.717) is 18.7 Å². The third-order valence-corrected chi connectivity index (χ3v) is 6.83. The summed E-state index contributed by atoms with van der Waals surface area (Å²) in [4.78, 5) is 12.9. The molecule has 0 aliphatic carbocycles. The molecule has 1 N–H and O–H groups in total. The van der Waals surface area contributed by atoms with E-state index in [1.165, 1.54) is 0 Å². The maximum Gasteiger partial charge on any atom is 0.251 e. The van der Waals surface area contributed by atoms with E-state index in [9.17, 15) is 4.79 Å². The molecule has 164 valence electrons. The third kappa shape index (κ3) is 4.39. The van der Waals surface area contributed by atoms with E-state index in [-0.39, 0.29) is 5.91 Å². The van der Waals surface area contributed by atoms with Crippen LogP contribution >= 0.6 is 15.9 Å². The molecule has 0 saturated heterocycles. The summed E-state index contributed by atoms with van der Waals surface area (Å²) in [7, 11) is 0. The lowest BCUT2D eigenvalue weighted by molar-refractivity contribution is 0.0950. The van der Waals surface area contributed by atoms with Crippen molar-refractivity contribution in [3.8, 4) is 5.69 Å². The van der Waals surface area contributed by atoms with Gasteiger partial charge in [-0.2, -0.15) is 10.2 Å². The lowest BCUT2D eigenvalue weighted by Gasteiger charge is -2.09. The molecule has 7 heteroatoms. The molecule has 0 bridgehead atoms. The van der Waals surface area contributed by atoms with Crippen LogP contribution in [-0.2, 0) is 13.1 Å². The smallest absolute Gasteiger partial charge is 0.251 e. The average molecular weight is 492 g/mol. The Morgan fingerprint density at radius 3 is 2.38 bits per heavy atom. The fourth-order valence-corrected chi connectivity index (χ4v) is 4.12. The summed E-state index contributed by atoms with van der Waals surface area (Å²) >= 11 is 3.57. The molecule has 2 aromatic carbocycles. The molecule has 0 atom stereocenters. The van der Waals surface area contributed by atoms with Crippen LogP contribution in [0.1, 0.15) is 44.3 Å². The molecule has 1 amide bonds. The number of aryl methyl sites for hydroxylation is 2. The molecule has 2 heterocycles. The number of hydrogen-bond donors (Lipinski definition) is 1. The number of rotatable bonds is 6. The number of amides is 1. The third-order valence-electron chi connectivity index (χ3n) is 5.68. The van der Waals surface area contributed by atoms with Crippen LogP contribution in [0.25, 0.3) is 5.69 Å². The second kappa shape index (κ2) is 9.12. The maximum atomic E-state index is 12.9. The van der Waals surface area contributed by atoms with Crippen molar-refractivity contribution in [3.05, 3.63) is 98.5 Å². The van der Waals surface area contributed by atoms with Crippen molar-refractivity contribution in [2.45, 2.75) is 40.8 Å². The van der Waals surface area contributed by atoms with Crippen LogP contribution in [0.15, 0.2) is 59.1 Å². The average Bonchev–Trinajstić information content (AvgIpc) is 3.22. The number of nitrogens with one attached hydrogen (secondary N) is 1. The van der Waals surface area contributed by atoms with Crippen LogP contribution in [0.4, 0.5) is 0 Å². The molecule has 4 rings (SSSR count). The second-order valence-electron chi connectivity index (χ2n) is 7.92. The summed E-state index contributed by atoms with van der Waals surface area (Å²) in [5.74, 6) is -0.104. The number of para-hydroxylation sites is 1. The lowest BCUT2D eigenvalue weighted by Crippen LogP contribution is -2.23. The summed E-state index contributed by atoms with van der Waals surface area (Å²) in [6, 6.07) is 17.7. The van der Waals surface area contributed by atoms with Gasteiger partial charge in [-0.05, 0) is 73.5 Å². The fourth-order valence-electron chi connectivity index (χ4n) is 3.84. The van der Waals surface area contributed by atoms with Crippen molar-refractivity contribution in [2.75, 3.05) is 0 Å². The summed E-state index contributed by atoms with van der Waals surface area (Å²) in [5, 5.41) is 12.3. The van der Waals surface area contributed by atoms with E-state index in [0.717, 1.165) is 44.1 Å². The zero-order chi connectivity index (χ0) is 22.8. The minimum absolute atomic E-state index is 0.104. The molecule has 0 aliphatic heterocycles. The number of carbonyl (C=O) groups excluding carboxylic acids is 1. The number of benzene rings is 2. The van der Waals surface area contributed by atoms with Crippen LogP contribution in [0, 0.1) is 27.7 Å². The van der Waals surface area contributed by atoms with Gasteiger partial charge in [0.05, 0.1) is 33.8 Å². The fraction of sp³-hybridized carbons (Fsp3) is 0.240. The Morgan fingerprint density at radius 1 is 0.938 bits per heavy atom. The SMILES string of the molecule is Cc1nn(Cc2cccc(C(=O)NCc3c(C)nn(-c4ccccc4)c3C)c2)c(C)c1Br. The van der Waals surface area contributed by atoms with Crippen molar-refractivity contribution in [1.82, 2.24) is 24.9 Å². The minimum atomic E-state index is -0.104. The van der Waals surface area contributed by atoms with Gasteiger partial charge in [0, 0.05) is 23.4 Å². The number of nitrogens with zero attached hydrogens (tertiary/aromatic N) is 4. The molecule has 4 aromatic rings. The number of halogens is 1.